The summed E-state index contributed by atoms with van der Waals surface area (Å²) in [7, 11) is 1.64. The predicted octanol–water partition coefficient (Wildman–Crippen LogP) is 6.63. The van der Waals surface area contributed by atoms with E-state index in [0.717, 1.165) is 34.6 Å². The fourth-order valence-electron chi connectivity index (χ4n) is 5.78. The van der Waals surface area contributed by atoms with Crippen LogP contribution in [0.4, 0.5) is 0 Å². The fourth-order valence-corrected chi connectivity index (χ4v) is 5.78. The molecule has 1 aliphatic carbocycles. The fraction of sp³-hybridized carbons (Fsp3) is 0.314. The van der Waals surface area contributed by atoms with Crippen molar-refractivity contribution in [3.05, 3.63) is 118 Å². The summed E-state index contributed by atoms with van der Waals surface area (Å²) in [6.45, 7) is 4.74. The number of ketones is 1. The van der Waals surface area contributed by atoms with Gasteiger partial charge in [0.2, 0.25) is 0 Å². The zero-order chi connectivity index (χ0) is 28.8. The van der Waals surface area contributed by atoms with Crippen LogP contribution in [0.15, 0.2) is 101 Å². The third kappa shape index (κ3) is 6.22. The van der Waals surface area contributed by atoms with Crippen molar-refractivity contribution in [2.45, 2.75) is 51.4 Å². The molecule has 0 fully saturated rings. The molecule has 6 nitrogen and oxygen atoms in total. The number of allylic oxidation sites excluding steroid dienone is 3. The van der Waals surface area contributed by atoms with Crippen molar-refractivity contribution < 1.29 is 23.8 Å². The van der Waals surface area contributed by atoms with Gasteiger partial charge in [0.05, 0.1) is 31.8 Å². The number of benzene rings is 3. The minimum absolute atomic E-state index is 0.0250. The summed E-state index contributed by atoms with van der Waals surface area (Å²) in [5, 5.41) is 3.44. The van der Waals surface area contributed by atoms with Crippen molar-refractivity contribution >= 4 is 11.8 Å². The zero-order valence-corrected chi connectivity index (χ0v) is 23.9. The van der Waals surface area contributed by atoms with E-state index in [0.29, 0.717) is 48.5 Å². The number of hydrogen-bond donors (Lipinski definition) is 1. The zero-order valence-electron chi connectivity index (χ0n) is 23.9. The highest BCUT2D eigenvalue weighted by molar-refractivity contribution is 6.04. The molecule has 3 aromatic carbocycles. The molecular weight excluding hydrogens is 514 g/mol. The third-order valence-corrected chi connectivity index (χ3v) is 7.79. The molecule has 3 aromatic rings. The van der Waals surface area contributed by atoms with E-state index in [4.69, 9.17) is 14.2 Å². The molecular formula is C35H37NO5. The van der Waals surface area contributed by atoms with Gasteiger partial charge in [-0.2, -0.15) is 0 Å². The summed E-state index contributed by atoms with van der Waals surface area (Å²) in [6, 6.07) is 25.6. The summed E-state index contributed by atoms with van der Waals surface area (Å²) in [5.41, 5.74) is 5.63. The van der Waals surface area contributed by atoms with Crippen molar-refractivity contribution in [1.82, 2.24) is 5.32 Å². The number of nitrogens with one attached hydrogen (secondary N) is 1. The van der Waals surface area contributed by atoms with Gasteiger partial charge in [-0.15, -0.1) is 0 Å². The molecule has 0 spiro atoms. The van der Waals surface area contributed by atoms with Gasteiger partial charge in [-0.1, -0.05) is 67.6 Å². The van der Waals surface area contributed by atoms with E-state index >= 15 is 0 Å². The van der Waals surface area contributed by atoms with Crippen LogP contribution >= 0.6 is 0 Å². The number of dihydropyridines is 1. The van der Waals surface area contributed by atoms with Crippen molar-refractivity contribution in [2.75, 3.05) is 20.3 Å². The number of rotatable bonds is 10. The van der Waals surface area contributed by atoms with E-state index in [1.807, 2.05) is 85.8 Å². The summed E-state index contributed by atoms with van der Waals surface area (Å²) in [5.74, 6) is 0.520. The maximum atomic E-state index is 14.0. The summed E-state index contributed by atoms with van der Waals surface area (Å²) in [4.78, 5) is 27.7. The number of ether oxygens (including phenoxy) is 3. The molecule has 0 saturated heterocycles. The average molecular weight is 552 g/mol. The molecule has 212 valence electrons. The maximum absolute atomic E-state index is 14.0. The van der Waals surface area contributed by atoms with E-state index in [2.05, 4.69) is 12.2 Å². The lowest BCUT2D eigenvalue weighted by atomic mass is 9.71. The van der Waals surface area contributed by atoms with Gasteiger partial charge < -0.3 is 19.5 Å². The molecule has 2 unspecified atom stereocenters. The second kappa shape index (κ2) is 12.9. The molecule has 2 atom stereocenters. The van der Waals surface area contributed by atoms with Crippen LogP contribution in [0.2, 0.25) is 0 Å². The van der Waals surface area contributed by atoms with Gasteiger partial charge in [0.1, 0.15) is 11.5 Å². The van der Waals surface area contributed by atoms with Gasteiger partial charge >= 0.3 is 5.97 Å². The highest BCUT2D eigenvalue weighted by Gasteiger charge is 2.42. The average Bonchev–Trinajstić information content (AvgIpc) is 3.00. The highest BCUT2D eigenvalue weighted by atomic mass is 16.5. The standard InChI is InChI=1S/C35H37NO5/c1-4-19-40-31-13-9-8-12-28(31)33-32(35(38)41-20-18-24-10-6-5-7-11-24)23(2)36-29-21-26(22-30(37)34(29)33)25-14-16-27(39-3)17-15-25/h5-17,26,33,36H,4,18-22H2,1-3H3. The second-order valence-electron chi connectivity index (χ2n) is 10.5. The van der Waals surface area contributed by atoms with Crippen LogP contribution in [-0.2, 0) is 20.7 Å². The van der Waals surface area contributed by atoms with Crippen molar-refractivity contribution in [3.63, 3.8) is 0 Å². The highest BCUT2D eigenvalue weighted by Crippen LogP contribution is 2.47. The molecule has 6 heteroatoms. The number of Topliss-reactive ketones (excluding diaryl/α,β-unsaturated/α-hetero) is 1. The minimum Gasteiger partial charge on any atom is -0.497 e. The number of carbonyl (C=O) groups excluding carboxylic acids is 2. The van der Waals surface area contributed by atoms with Gasteiger partial charge in [-0.25, -0.2) is 4.79 Å². The Labute approximate surface area is 242 Å². The Morgan fingerprint density at radius 3 is 2.39 bits per heavy atom. The van der Waals surface area contributed by atoms with E-state index < -0.39 is 11.9 Å². The van der Waals surface area contributed by atoms with Gasteiger partial charge in [-0.05, 0) is 55.0 Å². The SMILES string of the molecule is CCCOc1ccccc1C1C(C(=O)OCCc2ccccc2)=C(C)NC2=C1C(=O)CC(c1ccc(OC)cc1)C2. The first-order valence-corrected chi connectivity index (χ1v) is 14.3. The Morgan fingerprint density at radius 2 is 1.66 bits per heavy atom. The van der Waals surface area contributed by atoms with Crippen LogP contribution in [0.5, 0.6) is 11.5 Å². The Hall–Kier alpha value is -4.32. The van der Waals surface area contributed by atoms with E-state index in [1.54, 1.807) is 7.11 Å². The van der Waals surface area contributed by atoms with Crippen LogP contribution < -0.4 is 14.8 Å². The van der Waals surface area contributed by atoms with Gasteiger partial charge in [0.25, 0.3) is 0 Å². The van der Waals surface area contributed by atoms with E-state index in [-0.39, 0.29) is 18.3 Å². The molecule has 41 heavy (non-hydrogen) atoms. The van der Waals surface area contributed by atoms with Crippen molar-refractivity contribution in [1.29, 1.82) is 0 Å². The number of para-hydroxylation sites is 1. The molecule has 0 amide bonds. The largest absolute Gasteiger partial charge is 0.497 e. The van der Waals surface area contributed by atoms with Gasteiger partial charge in [0, 0.05) is 35.4 Å². The Kier molecular flexibility index (Phi) is 8.88. The molecule has 2 aliphatic rings. The Bertz CT molecular complexity index is 1460. The van der Waals surface area contributed by atoms with Gasteiger partial charge in [0.15, 0.2) is 5.78 Å². The molecule has 0 radical (unpaired) electrons. The summed E-state index contributed by atoms with van der Waals surface area (Å²) in [6.07, 6.45) is 2.48. The quantitative estimate of drug-likeness (QED) is 0.285. The first-order chi connectivity index (χ1) is 20.0. The van der Waals surface area contributed by atoms with Crippen LogP contribution in [0.3, 0.4) is 0 Å². The predicted molar refractivity (Wildman–Crippen MR) is 159 cm³/mol. The molecule has 1 N–H and O–H groups in total. The van der Waals surface area contributed by atoms with Crippen molar-refractivity contribution in [3.8, 4) is 11.5 Å². The minimum atomic E-state index is -0.576. The Morgan fingerprint density at radius 1 is 0.927 bits per heavy atom. The van der Waals surface area contributed by atoms with Crippen LogP contribution in [-0.4, -0.2) is 32.1 Å². The molecule has 0 saturated carbocycles. The topological polar surface area (TPSA) is 73.9 Å². The summed E-state index contributed by atoms with van der Waals surface area (Å²) < 4.78 is 17.3. The second-order valence-corrected chi connectivity index (χ2v) is 10.5. The first kappa shape index (κ1) is 28.2. The lowest BCUT2D eigenvalue weighted by molar-refractivity contribution is -0.139. The van der Waals surface area contributed by atoms with Crippen LogP contribution in [0.1, 0.15) is 61.6 Å². The van der Waals surface area contributed by atoms with E-state index in [1.165, 1.54) is 0 Å². The number of esters is 1. The molecule has 0 bridgehead atoms. The first-order valence-electron chi connectivity index (χ1n) is 14.3. The van der Waals surface area contributed by atoms with Crippen LogP contribution in [0, 0.1) is 0 Å². The maximum Gasteiger partial charge on any atom is 0.336 e. The monoisotopic (exact) mass is 551 g/mol. The Balaban J connectivity index is 1.49. The summed E-state index contributed by atoms with van der Waals surface area (Å²) >= 11 is 0. The molecule has 1 heterocycles. The lowest BCUT2D eigenvalue weighted by Gasteiger charge is -2.37. The number of hydrogen-bond acceptors (Lipinski definition) is 6. The molecule has 0 aromatic heterocycles. The molecule has 1 aliphatic heterocycles. The van der Waals surface area contributed by atoms with Gasteiger partial charge in [-0.3, -0.25) is 4.79 Å². The number of methoxy groups -OCH3 is 1. The normalized spacial score (nSPS) is 18.5. The molecule has 5 rings (SSSR count). The van der Waals surface area contributed by atoms with Crippen molar-refractivity contribution in [2.24, 2.45) is 0 Å². The van der Waals surface area contributed by atoms with E-state index in [9.17, 15) is 9.59 Å². The van der Waals surface area contributed by atoms with Crippen LogP contribution in [0.25, 0.3) is 0 Å². The number of carbonyl (C=O) groups is 2. The lowest BCUT2D eigenvalue weighted by Crippen LogP contribution is -2.36. The smallest absolute Gasteiger partial charge is 0.336 e. The third-order valence-electron chi connectivity index (χ3n) is 7.79.